The normalized spacial score (nSPS) is 22.2. The summed E-state index contributed by atoms with van der Waals surface area (Å²) in [7, 11) is 2.21. The Bertz CT molecular complexity index is 1860. The Labute approximate surface area is 248 Å². The quantitative estimate of drug-likeness (QED) is 0.220. The molecule has 0 bridgehead atoms. The summed E-state index contributed by atoms with van der Waals surface area (Å²) in [5.41, 5.74) is 12.5. The van der Waals surface area contributed by atoms with Gasteiger partial charge in [-0.1, -0.05) is 140 Å². The maximum Gasteiger partial charge on any atom is 0.0714 e. The van der Waals surface area contributed by atoms with Crippen molar-refractivity contribution < 1.29 is 0 Å². The molecule has 4 aliphatic rings. The van der Waals surface area contributed by atoms with Crippen LogP contribution in [0.3, 0.4) is 0 Å². The Hall–Kier alpha value is -4.88. The summed E-state index contributed by atoms with van der Waals surface area (Å²) >= 11 is 0. The lowest BCUT2D eigenvalue weighted by atomic mass is 9.63. The topological polar surface area (TPSA) is 3.24 Å². The van der Waals surface area contributed by atoms with E-state index < -0.39 is 5.41 Å². The minimum Gasteiger partial charge on any atom is -0.345 e. The van der Waals surface area contributed by atoms with E-state index in [0.29, 0.717) is 5.92 Å². The highest BCUT2D eigenvalue weighted by atomic mass is 15.1. The summed E-state index contributed by atoms with van der Waals surface area (Å²) < 4.78 is 0. The van der Waals surface area contributed by atoms with Crippen LogP contribution in [-0.2, 0) is 5.41 Å². The minimum absolute atomic E-state index is 0.0888. The number of hydrogen-bond donors (Lipinski definition) is 0. The predicted molar refractivity (Wildman–Crippen MR) is 175 cm³/mol. The van der Waals surface area contributed by atoms with Crippen LogP contribution in [0.1, 0.15) is 29.2 Å². The summed E-state index contributed by atoms with van der Waals surface area (Å²) in [6.45, 7) is 2.38. The minimum atomic E-state index is -0.397. The number of nitrogens with zero attached hydrogens (tertiary/aromatic N) is 1. The molecule has 0 aliphatic heterocycles. The number of rotatable bonds is 4. The van der Waals surface area contributed by atoms with Crippen LogP contribution in [0.15, 0.2) is 175 Å². The molecule has 0 saturated carbocycles. The van der Waals surface area contributed by atoms with Crippen LogP contribution < -0.4 is 4.90 Å². The molecule has 0 aromatic heterocycles. The molecular formula is C41H33N. The standard InChI is InChI=1S/C41H33N/c1-40-28-34(24-23-30(40)22-21-29-13-9-11-19-37(29)40)42(2)33-25-26-36-35-18-10-12-20-38(35)41(39(36)27-33,31-14-5-3-6-15-31)32-16-7-4-8-17-32/h3-28,37H,1-2H3/t37?,40-/m0/s1. The second-order valence-electron chi connectivity index (χ2n) is 12.0. The van der Waals surface area contributed by atoms with Gasteiger partial charge in [0, 0.05) is 29.8 Å². The van der Waals surface area contributed by atoms with Crippen molar-refractivity contribution in [3.63, 3.8) is 0 Å². The van der Waals surface area contributed by atoms with Crippen molar-refractivity contribution in [2.75, 3.05) is 11.9 Å². The summed E-state index contributed by atoms with van der Waals surface area (Å²) in [5, 5.41) is 0. The first-order chi connectivity index (χ1) is 20.6. The van der Waals surface area contributed by atoms with E-state index in [1.165, 1.54) is 55.9 Å². The fraction of sp³-hybridized carbons (Fsp3) is 0.122. The van der Waals surface area contributed by atoms with Gasteiger partial charge in [-0.2, -0.15) is 0 Å². The molecule has 4 aliphatic carbocycles. The molecule has 0 saturated heterocycles. The van der Waals surface area contributed by atoms with Crippen molar-refractivity contribution in [3.8, 4) is 11.1 Å². The second kappa shape index (κ2) is 9.33. The molecule has 0 spiro atoms. The van der Waals surface area contributed by atoms with Gasteiger partial charge >= 0.3 is 0 Å². The third-order valence-corrected chi connectivity index (χ3v) is 9.88. The van der Waals surface area contributed by atoms with Crippen LogP contribution in [0.4, 0.5) is 5.69 Å². The molecule has 202 valence electrons. The molecule has 0 heterocycles. The predicted octanol–water partition coefficient (Wildman–Crippen LogP) is 9.55. The van der Waals surface area contributed by atoms with Crippen LogP contribution >= 0.6 is 0 Å². The molecule has 42 heavy (non-hydrogen) atoms. The molecule has 0 amide bonds. The van der Waals surface area contributed by atoms with Gasteiger partial charge in [0.15, 0.2) is 0 Å². The van der Waals surface area contributed by atoms with Crippen molar-refractivity contribution >= 4 is 5.69 Å². The molecule has 4 aromatic rings. The smallest absolute Gasteiger partial charge is 0.0714 e. The van der Waals surface area contributed by atoms with Crippen molar-refractivity contribution in [1.82, 2.24) is 0 Å². The zero-order chi connectivity index (χ0) is 28.3. The maximum absolute atomic E-state index is 2.48. The van der Waals surface area contributed by atoms with Gasteiger partial charge in [0.2, 0.25) is 0 Å². The number of allylic oxidation sites excluding steroid dienone is 11. The summed E-state index contributed by atoms with van der Waals surface area (Å²) in [6.07, 6.45) is 20.6. The Morgan fingerprint density at radius 3 is 2.10 bits per heavy atom. The van der Waals surface area contributed by atoms with Crippen molar-refractivity contribution in [2.24, 2.45) is 11.3 Å². The fourth-order valence-electron chi connectivity index (χ4n) is 7.74. The van der Waals surface area contributed by atoms with Gasteiger partial charge in [-0.15, -0.1) is 0 Å². The van der Waals surface area contributed by atoms with Crippen LogP contribution in [0.5, 0.6) is 0 Å². The highest BCUT2D eigenvalue weighted by molar-refractivity contribution is 5.88. The number of benzene rings is 4. The zero-order valence-corrected chi connectivity index (χ0v) is 24.0. The van der Waals surface area contributed by atoms with Crippen LogP contribution in [0, 0.1) is 11.3 Å². The SMILES string of the molecule is CN(C1=C[C@@]2(C)C(=CC=C3C=CC=CC32)C=C1)c1ccc2c(c1)C(c1ccccc1)(c1ccccc1)c1ccccc1-2. The average Bonchev–Trinajstić information content (AvgIpc) is 3.35. The molecular weight excluding hydrogens is 506 g/mol. The molecule has 1 unspecified atom stereocenters. The van der Waals surface area contributed by atoms with E-state index in [2.05, 4.69) is 177 Å². The lowest BCUT2D eigenvalue weighted by Gasteiger charge is -2.42. The molecule has 0 fully saturated rings. The summed E-state index contributed by atoms with van der Waals surface area (Å²) in [6, 6.07) is 38.1. The Morgan fingerprint density at radius 2 is 1.33 bits per heavy atom. The Morgan fingerprint density at radius 1 is 0.643 bits per heavy atom. The van der Waals surface area contributed by atoms with Gasteiger partial charge in [-0.3, -0.25) is 0 Å². The van der Waals surface area contributed by atoms with Gasteiger partial charge in [-0.05, 0) is 68.8 Å². The molecule has 4 aromatic carbocycles. The third kappa shape index (κ3) is 3.43. The van der Waals surface area contributed by atoms with E-state index in [4.69, 9.17) is 0 Å². The Balaban J connectivity index is 1.30. The van der Waals surface area contributed by atoms with Gasteiger partial charge in [0.1, 0.15) is 0 Å². The molecule has 1 nitrogen and oxygen atoms in total. The monoisotopic (exact) mass is 539 g/mol. The lowest BCUT2D eigenvalue weighted by molar-refractivity contribution is 0.416. The molecule has 0 radical (unpaired) electrons. The van der Waals surface area contributed by atoms with Crippen LogP contribution in [0.25, 0.3) is 11.1 Å². The van der Waals surface area contributed by atoms with E-state index in [0.717, 1.165) is 0 Å². The van der Waals surface area contributed by atoms with E-state index in [1.807, 2.05) is 0 Å². The first-order valence-corrected chi connectivity index (χ1v) is 14.9. The largest absolute Gasteiger partial charge is 0.345 e. The second-order valence-corrected chi connectivity index (χ2v) is 12.0. The van der Waals surface area contributed by atoms with Crippen molar-refractivity contribution in [1.29, 1.82) is 0 Å². The number of hydrogen-bond acceptors (Lipinski definition) is 1. The number of likely N-dealkylation sites (N-methyl/N-ethyl adjacent to an activating group) is 1. The lowest BCUT2D eigenvalue weighted by Crippen LogP contribution is -2.33. The Kier molecular flexibility index (Phi) is 5.52. The molecule has 0 N–H and O–H groups in total. The molecule has 1 heteroatoms. The van der Waals surface area contributed by atoms with Crippen LogP contribution in [0.2, 0.25) is 0 Å². The van der Waals surface area contributed by atoms with Gasteiger partial charge < -0.3 is 4.90 Å². The van der Waals surface area contributed by atoms with Crippen LogP contribution in [-0.4, -0.2) is 7.05 Å². The van der Waals surface area contributed by atoms with Gasteiger partial charge in [-0.25, -0.2) is 0 Å². The summed E-state index contributed by atoms with van der Waals surface area (Å²) in [5.74, 6) is 0.342. The molecule has 8 rings (SSSR count). The molecule has 2 atom stereocenters. The number of anilines is 1. The average molecular weight is 540 g/mol. The van der Waals surface area contributed by atoms with E-state index >= 15 is 0 Å². The van der Waals surface area contributed by atoms with E-state index in [9.17, 15) is 0 Å². The van der Waals surface area contributed by atoms with E-state index in [-0.39, 0.29) is 5.41 Å². The summed E-state index contributed by atoms with van der Waals surface area (Å²) in [4.78, 5) is 2.36. The highest BCUT2D eigenvalue weighted by Crippen LogP contribution is 2.57. The van der Waals surface area contributed by atoms with Crippen molar-refractivity contribution in [3.05, 3.63) is 197 Å². The van der Waals surface area contributed by atoms with Crippen molar-refractivity contribution in [2.45, 2.75) is 12.3 Å². The van der Waals surface area contributed by atoms with Gasteiger partial charge in [0.25, 0.3) is 0 Å². The fourth-order valence-corrected chi connectivity index (χ4v) is 7.74. The van der Waals surface area contributed by atoms with Gasteiger partial charge in [0.05, 0.1) is 5.41 Å². The third-order valence-electron chi connectivity index (χ3n) is 9.88. The first kappa shape index (κ1) is 24.9. The van der Waals surface area contributed by atoms with E-state index in [1.54, 1.807) is 0 Å². The number of fused-ring (bicyclic) bond motifs is 6. The first-order valence-electron chi connectivity index (χ1n) is 14.9. The zero-order valence-electron chi connectivity index (χ0n) is 24.0. The highest BCUT2D eigenvalue weighted by Gasteiger charge is 2.46. The maximum atomic E-state index is 2.48.